The second-order valence-corrected chi connectivity index (χ2v) is 6.08. The van der Waals surface area contributed by atoms with Crippen molar-refractivity contribution in [3.05, 3.63) is 53.8 Å². The minimum absolute atomic E-state index is 0.136. The molecule has 0 unspecified atom stereocenters. The van der Waals surface area contributed by atoms with Crippen LogP contribution in [0.4, 0.5) is 5.69 Å². The highest BCUT2D eigenvalue weighted by Crippen LogP contribution is 2.23. The maximum Gasteiger partial charge on any atom is 0.234 e. The molecule has 0 aliphatic rings. The third-order valence-electron chi connectivity index (χ3n) is 3.08. The second-order valence-electron chi connectivity index (χ2n) is 4.73. The summed E-state index contributed by atoms with van der Waals surface area (Å²) < 4.78 is 1.35. The zero-order chi connectivity index (χ0) is 16.9. The van der Waals surface area contributed by atoms with Crippen LogP contribution in [-0.2, 0) is 4.79 Å². The largest absolute Gasteiger partial charge is 0.335 e. The van der Waals surface area contributed by atoms with E-state index >= 15 is 0 Å². The maximum absolute atomic E-state index is 12.0. The number of rotatable bonds is 5. The number of anilines is 1. The number of para-hydroxylation sites is 1. The number of amides is 1. The minimum atomic E-state index is -0.207. The predicted octanol–water partition coefficient (Wildman–Crippen LogP) is 2.44. The van der Waals surface area contributed by atoms with Gasteiger partial charge in [0.25, 0.3) is 0 Å². The number of nitrogens with two attached hydrogens (primary N) is 1. The summed E-state index contributed by atoms with van der Waals surface area (Å²) in [4.78, 5) is 16.0. The van der Waals surface area contributed by atoms with E-state index in [2.05, 4.69) is 20.5 Å². The molecule has 3 rings (SSSR count). The Bertz CT molecular complexity index is 854. The Morgan fingerprint density at radius 3 is 2.71 bits per heavy atom. The lowest BCUT2D eigenvalue weighted by atomic mass is 10.2. The Labute approximate surface area is 147 Å². The van der Waals surface area contributed by atoms with Crippen molar-refractivity contribution in [2.24, 2.45) is 0 Å². The summed E-state index contributed by atoms with van der Waals surface area (Å²) in [5, 5.41) is 11.7. The van der Waals surface area contributed by atoms with Gasteiger partial charge in [0.2, 0.25) is 11.1 Å². The Kier molecular flexibility index (Phi) is 4.97. The summed E-state index contributed by atoms with van der Waals surface area (Å²) in [5.74, 6) is 6.43. The first-order chi connectivity index (χ1) is 11.6. The lowest BCUT2D eigenvalue weighted by Crippen LogP contribution is -2.16. The first-order valence-electron chi connectivity index (χ1n) is 6.93. The molecule has 0 bridgehead atoms. The number of thioether (sulfide) groups is 1. The van der Waals surface area contributed by atoms with Gasteiger partial charge in [-0.1, -0.05) is 35.5 Å². The predicted molar refractivity (Wildman–Crippen MR) is 94.2 cm³/mol. The van der Waals surface area contributed by atoms with Crippen molar-refractivity contribution in [3.8, 4) is 11.4 Å². The van der Waals surface area contributed by atoms with Crippen molar-refractivity contribution in [1.82, 2.24) is 19.9 Å². The van der Waals surface area contributed by atoms with Crippen molar-refractivity contribution in [3.63, 3.8) is 0 Å². The maximum atomic E-state index is 12.0. The van der Waals surface area contributed by atoms with Gasteiger partial charge >= 0.3 is 0 Å². The summed E-state index contributed by atoms with van der Waals surface area (Å²) in [7, 11) is 0. The van der Waals surface area contributed by atoms with Gasteiger partial charge in [0, 0.05) is 18.0 Å². The van der Waals surface area contributed by atoms with Crippen LogP contribution in [0.25, 0.3) is 11.4 Å². The van der Waals surface area contributed by atoms with Gasteiger partial charge in [-0.2, -0.15) is 0 Å². The Morgan fingerprint density at radius 1 is 1.21 bits per heavy atom. The van der Waals surface area contributed by atoms with Crippen LogP contribution >= 0.6 is 23.4 Å². The molecule has 122 valence electrons. The molecule has 3 aromatic rings. The number of hydrogen-bond acceptors (Lipinski definition) is 6. The molecule has 3 N–H and O–H groups in total. The van der Waals surface area contributed by atoms with Crippen LogP contribution in [0.5, 0.6) is 0 Å². The molecule has 7 nitrogen and oxygen atoms in total. The topological polar surface area (TPSA) is 98.7 Å². The average Bonchev–Trinajstić information content (AvgIpc) is 2.97. The van der Waals surface area contributed by atoms with Crippen LogP contribution in [0.1, 0.15) is 0 Å². The van der Waals surface area contributed by atoms with Gasteiger partial charge in [0.05, 0.1) is 16.5 Å². The number of nitrogen functional groups attached to an aromatic ring is 1. The smallest absolute Gasteiger partial charge is 0.234 e. The van der Waals surface area contributed by atoms with E-state index in [9.17, 15) is 4.79 Å². The van der Waals surface area contributed by atoms with Gasteiger partial charge < -0.3 is 11.2 Å². The number of benzene rings is 1. The molecule has 1 aromatic carbocycles. The third-order valence-corrected chi connectivity index (χ3v) is 4.36. The quantitative estimate of drug-likeness (QED) is 0.535. The fourth-order valence-electron chi connectivity index (χ4n) is 1.95. The van der Waals surface area contributed by atoms with E-state index in [0.29, 0.717) is 21.7 Å². The van der Waals surface area contributed by atoms with Crippen molar-refractivity contribution in [2.45, 2.75) is 5.16 Å². The average molecular weight is 361 g/mol. The van der Waals surface area contributed by atoms with Crippen LogP contribution in [0.15, 0.2) is 53.9 Å². The molecule has 0 radical (unpaired) electrons. The first kappa shape index (κ1) is 16.3. The normalized spacial score (nSPS) is 10.5. The molecule has 2 heterocycles. The molecule has 0 aliphatic heterocycles. The molecule has 0 fully saturated rings. The SMILES string of the molecule is Nn1c(SCC(=O)Nc2ccccc2Cl)nnc1-c1ccncc1. The van der Waals surface area contributed by atoms with Crippen LogP contribution in [0.3, 0.4) is 0 Å². The van der Waals surface area contributed by atoms with Crippen molar-refractivity contribution in [1.29, 1.82) is 0 Å². The summed E-state index contributed by atoms with van der Waals surface area (Å²) in [6.45, 7) is 0. The van der Waals surface area contributed by atoms with Crippen LogP contribution < -0.4 is 11.2 Å². The Balaban J connectivity index is 1.64. The zero-order valence-electron chi connectivity index (χ0n) is 12.4. The monoisotopic (exact) mass is 360 g/mol. The highest BCUT2D eigenvalue weighted by Gasteiger charge is 2.14. The van der Waals surface area contributed by atoms with E-state index in [1.807, 2.05) is 0 Å². The summed E-state index contributed by atoms with van der Waals surface area (Å²) in [6.07, 6.45) is 3.29. The van der Waals surface area contributed by atoms with E-state index in [1.54, 1.807) is 48.8 Å². The lowest BCUT2D eigenvalue weighted by molar-refractivity contribution is -0.113. The van der Waals surface area contributed by atoms with Crippen LogP contribution in [0, 0.1) is 0 Å². The van der Waals surface area contributed by atoms with Gasteiger partial charge in [-0.3, -0.25) is 9.78 Å². The van der Waals surface area contributed by atoms with E-state index in [-0.39, 0.29) is 11.7 Å². The molecule has 0 atom stereocenters. The molecule has 0 aliphatic carbocycles. The number of nitrogens with zero attached hydrogens (tertiary/aromatic N) is 4. The van der Waals surface area contributed by atoms with Crippen LogP contribution in [-0.4, -0.2) is 31.5 Å². The summed E-state index contributed by atoms with van der Waals surface area (Å²) >= 11 is 7.20. The fraction of sp³-hybridized carbons (Fsp3) is 0.0667. The number of hydrogen-bond donors (Lipinski definition) is 2. The molecule has 2 aromatic heterocycles. The van der Waals surface area contributed by atoms with E-state index in [4.69, 9.17) is 17.4 Å². The molecule has 1 amide bonds. The van der Waals surface area contributed by atoms with Crippen molar-refractivity contribution < 1.29 is 4.79 Å². The highest BCUT2D eigenvalue weighted by molar-refractivity contribution is 7.99. The number of nitrogens with one attached hydrogen (secondary N) is 1. The molecule has 9 heteroatoms. The van der Waals surface area contributed by atoms with Crippen molar-refractivity contribution in [2.75, 3.05) is 16.9 Å². The Morgan fingerprint density at radius 2 is 1.96 bits per heavy atom. The lowest BCUT2D eigenvalue weighted by Gasteiger charge is -2.06. The number of carbonyl (C=O) groups excluding carboxylic acids is 1. The van der Waals surface area contributed by atoms with E-state index in [0.717, 1.165) is 5.56 Å². The molecular weight excluding hydrogens is 348 g/mol. The van der Waals surface area contributed by atoms with Crippen LogP contribution in [0.2, 0.25) is 5.02 Å². The molecule has 0 saturated carbocycles. The van der Waals surface area contributed by atoms with Gasteiger partial charge in [-0.25, -0.2) is 4.68 Å². The minimum Gasteiger partial charge on any atom is -0.335 e. The fourth-order valence-corrected chi connectivity index (χ4v) is 2.79. The molecule has 0 saturated heterocycles. The molecular formula is C15H13ClN6OS. The third kappa shape index (κ3) is 3.66. The van der Waals surface area contributed by atoms with Gasteiger partial charge in [-0.05, 0) is 24.3 Å². The highest BCUT2D eigenvalue weighted by atomic mass is 35.5. The number of halogens is 1. The second kappa shape index (κ2) is 7.33. The molecule has 24 heavy (non-hydrogen) atoms. The summed E-state index contributed by atoms with van der Waals surface area (Å²) in [6, 6.07) is 10.6. The van der Waals surface area contributed by atoms with E-state index < -0.39 is 0 Å². The van der Waals surface area contributed by atoms with Gasteiger partial charge in [0.15, 0.2) is 5.82 Å². The number of pyridine rings is 1. The molecule has 0 spiro atoms. The zero-order valence-corrected chi connectivity index (χ0v) is 14.0. The summed E-state index contributed by atoms with van der Waals surface area (Å²) in [5.41, 5.74) is 1.36. The number of carbonyl (C=O) groups is 1. The van der Waals surface area contributed by atoms with Crippen molar-refractivity contribution >= 4 is 35.0 Å². The van der Waals surface area contributed by atoms with E-state index in [1.165, 1.54) is 16.4 Å². The van der Waals surface area contributed by atoms with Gasteiger partial charge in [-0.15, -0.1) is 10.2 Å². The Hall–Kier alpha value is -2.58. The van der Waals surface area contributed by atoms with Gasteiger partial charge in [0.1, 0.15) is 0 Å². The number of aromatic nitrogens is 4. The first-order valence-corrected chi connectivity index (χ1v) is 8.29. The standard InChI is InChI=1S/C15H13ClN6OS/c16-11-3-1-2-4-12(11)19-13(23)9-24-15-21-20-14(22(15)17)10-5-7-18-8-6-10/h1-8H,9,17H2,(H,19,23).